The van der Waals surface area contributed by atoms with Crippen molar-refractivity contribution in [2.75, 3.05) is 18.6 Å². The Morgan fingerprint density at radius 2 is 1.93 bits per heavy atom. The minimum absolute atomic E-state index is 0.108. The number of rotatable bonds is 5. The van der Waals surface area contributed by atoms with Gasteiger partial charge in [0.05, 0.1) is 25.7 Å². The van der Waals surface area contributed by atoms with E-state index in [0.29, 0.717) is 6.54 Å². The van der Waals surface area contributed by atoms with Crippen LogP contribution in [0.1, 0.15) is 5.56 Å². The number of hydrogen-bond acceptors (Lipinski definition) is 5. The molecule has 4 atom stereocenters. The zero-order valence-electron chi connectivity index (χ0n) is 16.0. The standard InChI is InChI=1S/C23H21NO5/c1-27-17-9-7-16(8-10-17)24-14-23-12-11-18(29-23)19(20(23)21(24)25)22(26)28-13-15-5-3-2-4-6-15/h2-12,18-20H,13-14H2,1H3/t18-,19+,20+,23-/m1/s1. The van der Waals surface area contributed by atoms with Crippen LogP contribution in [0.3, 0.4) is 0 Å². The van der Waals surface area contributed by atoms with Gasteiger partial charge in [0.1, 0.15) is 23.9 Å². The number of carbonyl (C=O) groups excluding carboxylic acids is 2. The van der Waals surface area contributed by atoms with E-state index in [0.717, 1.165) is 17.0 Å². The Hall–Kier alpha value is -3.12. The number of anilines is 1. The number of carbonyl (C=O) groups is 2. The highest BCUT2D eigenvalue weighted by molar-refractivity contribution is 6.02. The summed E-state index contributed by atoms with van der Waals surface area (Å²) in [5.74, 6) is -0.968. The highest BCUT2D eigenvalue weighted by Crippen LogP contribution is 2.53. The van der Waals surface area contributed by atoms with E-state index in [2.05, 4.69) is 0 Å². The van der Waals surface area contributed by atoms with Crippen LogP contribution in [0.5, 0.6) is 5.75 Å². The van der Waals surface area contributed by atoms with Gasteiger partial charge in [0.15, 0.2) is 0 Å². The lowest BCUT2D eigenvalue weighted by Gasteiger charge is -2.22. The Labute approximate surface area is 168 Å². The molecule has 0 aliphatic carbocycles. The molecule has 6 nitrogen and oxygen atoms in total. The molecule has 5 rings (SSSR count). The van der Waals surface area contributed by atoms with Gasteiger partial charge in [-0.3, -0.25) is 9.59 Å². The van der Waals surface area contributed by atoms with Crippen LogP contribution in [0.25, 0.3) is 0 Å². The van der Waals surface area contributed by atoms with E-state index >= 15 is 0 Å². The van der Waals surface area contributed by atoms with Crippen molar-refractivity contribution in [3.05, 3.63) is 72.3 Å². The summed E-state index contributed by atoms with van der Waals surface area (Å²) in [5, 5.41) is 0. The zero-order valence-corrected chi connectivity index (χ0v) is 16.0. The number of esters is 1. The number of nitrogens with zero attached hydrogens (tertiary/aromatic N) is 1. The van der Waals surface area contributed by atoms with E-state index in [1.165, 1.54) is 0 Å². The molecule has 2 saturated heterocycles. The molecular weight excluding hydrogens is 370 g/mol. The first-order chi connectivity index (χ1) is 14.1. The van der Waals surface area contributed by atoms with Gasteiger partial charge in [-0.1, -0.05) is 42.5 Å². The lowest BCUT2D eigenvalue weighted by Crippen LogP contribution is -2.40. The first kappa shape index (κ1) is 17.9. The van der Waals surface area contributed by atoms with Crippen LogP contribution in [0.4, 0.5) is 5.69 Å². The van der Waals surface area contributed by atoms with E-state index in [-0.39, 0.29) is 18.5 Å². The lowest BCUT2D eigenvalue weighted by atomic mass is 9.77. The van der Waals surface area contributed by atoms with Crippen LogP contribution in [0, 0.1) is 11.8 Å². The SMILES string of the molecule is COc1ccc(N2C[C@@]34C=C[C@@H](O3)[C@H](C(=O)OCc3ccccc3)[C@H]4C2=O)cc1. The summed E-state index contributed by atoms with van der Waals surface area (Å²) >= 11 is 0. The van der Waals surface area contributed by atoms with Crippen LogP contribution in [-0.2, 0) is 25.7 Å². The molecule has 148 valence electrons. The molecule has 3 aliphatic rings. The van der Waals surface area contributed by atoms with Crippen molar-refractivity contribution < 1.29 is 23.8 Å². The lowest BCUT2D eigenvalue weighted by molar-refractivity contribution is -0.153. The van der Waals surface area contributed by atoms with E-state index < -0.39 is 23.5 Å². The molecule has 2 aromatic rings. The molecule has 0 N–H and O–H groups in total. The van der Waals surface area contributed by atoms with E-state index in [1.54, 1.807) is 12.0 Å². The molecule has 0 unspecified atom stereocenters. The molecule has 2 fully saturated rings. The maximum absolute atomic E-state index is 13.3. The van der Waals surface area contributed by atoms with Crippen LogP contribution < -0.4 is 9.64 Å². The second-order valence-electron chi connectivity index (χ2n) is 7.62. The molecular formula is C23H21NO5. The third-order valence-corrected chi connectivity index (χ3v) is 5.98. The number of fused-ring (bicyclic) bond motifs is 1. The maximum Gasteiger partial charge on any atom is 0.313 e. The van der Waals surface area contributed by atoms with Gasteiger partial charge in [0, 0.05) is 5.69 Å². The van der Waals surface area contributed by atoms with Gasteiger partial charge in [-0.15, -0.1) is 0 Å². The molecule has 0 radical (unpaired) electrons. The second kappa shape index (κ2) is 6.74. The third kappa shape index (κ3) is 2.83. The predicted molar refractivity (Wildman–Crippen MR) is 105 cm³/mol. The predicted octanol–water partition coefficient (Wildman–Crippen LogP) is 2.73. The number of amides is 1. The van der Waals surface area contributed by atoms with Crippen molar-refractivity contribution in [1.29, 1.82) is 0 Å². The number of ether oxygens (including phenoxy) is 3. The summed E-state index contributed by atoms with van der Waals surface area (Å²) in [6.07, 6.45) is 3.41. The van der Waals surface area contributed by atoms with Crippen molar-refractivity contribution in [2.45, 2.75) is 18.3 Å². The smallest absolute Gasteiger partial charge is 0.313 e. The number of methoxy groups -OCH3 is 1. The second-order valence-corrected chi connectivity index (χ2v) is 7.62. The number of hydrogen-bond donors (Lipinski definition) is 0. The maximum atomic E-state index is 13.3. The zero-order chi connectivity index (χ0) is 20.0. The molecule has 1 amide bonds. The summed E-state index contributed by atoms with van der Waals surface area (Å²) in [6, 6.07) is 16.8. The van der Waals surface area contributed by atoms with Gasteiger partial charge in [-0.05, 0) is 29.8 Å². The molecule has 3 aliphatic heterocycles. The minimum Gasteiger partial charge on any atom is -0.497 e. The summed E-state index contributed by atoms with van der Waals surface area (Å²) in [5.41, 5.74) is 0.905. The highest BCUT2D eigenvalue weighted by atomic mass is 16.6. The summed E-state index contributed by atoms with van der Waals surface area (Å²) in [4.78, 5) is 27.9. The summed E-state index contributed by atoms with van der Waals surface area (Å²) in [7, 11) is 1.60. The Morgan fingerprint density at radius 1 is 1.17 bits per heavy atom. The van der Waals surface area contributed by atoms with E-state index in [9.17, 15) is 9.59 Å². The average Bonchev–Trinajstić information content (AvgIpc) is 3.41. The van der Waals surface area contributed by atoms with Crippen molar-refractivity contribution in [3.63, 3.8) is 0 Å². The molecule has 1 spiro atoms. The molecule has 0 aromatic heterocycles. The Balaban J connectivity index is 1.37. The largest absolute Gasteiger partial charge is 0.497 e. The van der Waals surface area contributed by atoms with Gasteiger partial charge in [-0.2, -0.15) is 0 Å². The normalized spacial score (nSPS) is 29.2. The van der Waals surface area contributed by atoms with Gasteiger partial charge in [0.25, 0.3) is 0 Å². The fraction of sp³-hybridized carbons (Fsp3) is 0.304. The van der Waals surface area contributed by atoms with Crippen molar-refractivity contribution in [1.82, 2.24) is 0 Å². The van der Waals surface area contributed by atoms with Crippen LogP contribution in [0.15, 0.2) is 66.7 Å². The Morgan fingerprint density at radius 3 is 2.66 bits per heavy atom. The van der Waals surface area contributed by atoms with Crippen LogP contribution >= 0.6 is 0 Å². The Kier molecular flexibility index (Phi) is 4.17. The van der Waals surface area contributed by atoms with Crippen LogP contribution in [0.2, 0.25) is 0 Å². The Bertz CT molecular complexity index is 971. The third-order valence-electron chi connectivity index (χ3n) is 5.98. The topological polar surface area (TPSA) is 65.1 Å². The van der Waals surface area contributed by atoms with Gasteiger partial charge in [-0.25, -0.2) is 0 Å². The number of benzene rings is 2. The fourth-order valence-electron chi connectivity index (χ4n) is 4.57. The van der Waals surface area contributed by atoms with Crippen LogP contribution in [-0.4, -0.2) is 37.2 Å². The van der Waals surface area contributed by atoms with E-state index in [4.69, 9.17) is 14.2 Å². The van der Waals surface area contributed by atoms with Gasteiger partial charge in [0.2, 0.25) is 5.91 Å². The van der Waals surface area contributed by atoms with Gasteiger partial charge < -0.3 is 19.1 Å². The minimum atomic E-state index is -0.766. The first-order valence-corrected chi connectivity index (χ1v) is 9.64. The monoisotopic (exact) mass is 391 g/mol. The highest BCUT2D eigenvalue weighted by Gasteiger charge is 2.67. The quantitative estimate of drug-likeness (QED) is 0.579. The molecule has 0 saturated carbocycles. The first-order valence-electron chi connectivity index (χ1n) is 9.64. The van der Waals surface area contributed by atoms with Crippen molar-refractivity contribution in [2.24, 2.45) is 11.8 Å². The molecule has 6 heteroatoms. The molecule has 2 bridgehead atoms. The molecule has 29 heavy (non-hydrogen) atoms. The van der Waals surface area contributed by atoms with Crippen molar-refractivity contribution >= 4 is 17.6 Å². The summed E-state index contributed by atoms with van der Waals surface area (Å²) < 4.78 is 16.9. The fourth-order valence-corrected chi connectivity index (χ4v) is 4.57. The summed E-state index contributed by atoms with van der Waals surface area (Å²) in [6.45, 7) is 0.570. The van der Waals surface area contributed by atoms with Gasteiger partial charge >= 0.3 is 5.97 Å². The van der Waals surface area contributed by atoms with Crippen molar-refractivity contribution in [3.8, 4) is 5.75 Å². The van der Waals surface area contributed by atoms with E-state index in [1.807, 2.05) is 66.7 Å². The molecule has 3 heterocycles. The average molecular weight is 391 g/mol. The molecule has 2 aromatic carbocycles.